The lowest BCUT2D eigenvalue weighted by Crippen LogP contribution is -2.40. The van der Waals surface area contributed by atoms with Crippen molar-refractivity contribution < 1.29 is 31.7 Å². The molecule has 42 heavy (non-hydrogen) atoms. The van der Waals surface area contributed by atoms with Gasteiger partial charge in [0.15, 0.2) is 0 Å². The number of nitrogens with zero attached hydrogens (tertiary/aromatic N) is 7. The van der Waals surface area contributed by atoms with Crippen LogP contribution in [-0.4, -0.2) is 56.0 Å². The van der Waals surface area contributed by atoms with Crippen LogP contribution in [0.4, 0.5) is 8.78 Å². The summed E-state index contributed by atoms with van der Waals surface area (Å²) in [5.74, 6) is -1.77. The molecule has 3 rings (SSSR count). The zero-order chi connectivity index (χ0) is 30.1. The number of nitriles is 1. The predicted molar refractivity (Wildman–Crippen MR) is 148 cm³/mol. The van der Waals surface area contributed by atoms with Gasteiger partial charge in [-0.25, -0.2) is 32.7 Å². The van der Waals surface area contributed by atoms with Crippen LogP contribution < -0.4 is 0 Å². The Labute approximate surface area is 244 Å². The van der Waals surface area contributed by atoms with E-state index >= 15 is 4.39 Å². The van der Waals surface area contributed by atoms with Gasteiger partial charge in [0, 0.05) is 18.2 Å². The van der Waals surface area contributed by atoms with Crippen molar-refractivity contribution in [3.05, 3.63) is 60.7 Å². The molecule has 2 heterocycles. The second kappa shape index (κ2) is 17.8. The molecular weight excluding hydrogens is 571 g/mol. The van der Waals surface area contributed by atoms with Gasteiger partial charge in [0.1, 0.15) is 42.5 Å². The van der Waals surface area contributed by atoms with E-state index in [0.717, 1.165) is 25.3 Å². The molecule has 0 aliphatic rings. The minimum absolute atomic E-state index is 0.102. The third-order valence-electron chi connectivity index (χ3n) is 6.31. The Bertz CT molecular complexity index is 1220. The smallest absolute Gasteiger partial charge is 0.379 e. The van der Waals surface area contributed by atoms with E-state index in [0.29, 0.717) is 12.7 Å². The zero-order valence-electron chi connectivity index (χ0n) is 23.8. The van der Waals surface area contributed by atoms with Gasteiger partial charge in [-0.1, -0.05) is 51.5 Å². The highest BCUT2D eigenvalue weighted by atomic mass is 31.2. The Morgan fingerprint density at radius 3 is 2.14 bits per heavy atom. The van der Waals surface area contributed by atoms with Gasteiger partial charge in [-0.2, -0.15) is 15.5 Å². The average molecular weight is 610 g/mol. The molecule has 1 atom stereocenters. The summed E-state index contributed by atoms with van der Waals surface area (Å²) in [7, 11) is -4.50. The molecule has 0 spiro atoms. The van der Waals surface area contributed by atoms with Crippen LogP contribution in [0, 0.1) is 23.0 Å². The van der Waals surface area contributed by atoms with Crippen LogP contribution in [0.1, 0.15) is 63.9 Å². The number of phosphoric acid groups is 1. The van der Waals surface area contributed by atoms with Gasteiger partial charge in [-0.15, -0.1) is 0 Å². The van der Waals surface area contributed by atoms with Crippen molar-refractivity contribution in [3.63, 3.8) is 0 Å². The fourth-order valence-electron chi connectivity index (χ4n) is 4.32. The summed E-state index contributed by atoms with van der Waals surface area (Å²) in [5.41, 5.74) is -2.02. The standard InChI is InChI=1S/C27H38F2N7O5P/c1-2-3-4-5-6-7-8-13-38-15-16-40-42(37,39-14-9-12-30)41-27(18-35-22-31-20-33-35,19-36-23-32-21-34-36)25-11-10-24(28)17-26(25)29/h10-11,17,20-23H,2-9,13-16,18-19H2,1H3. The van der Waals surface area contributed by atoms with Gasteiger partial charge in [-0.05, 0) is 12.5 Å². The number of ether oxygens (including phenoxy) is 1. The Hall–Kier alpha value is -3.08. The number of rotatable bonds is 22. The SMILES string of the molecule is CCCCCCCCCOCCOP(=O)(OCCC#N)OC(Cn1cncn1)(Cn1cncn1)c1ccc(F)cc1F. The number of phosphoric ester groups is 1. The van der Waals surface area contributed by atoms with Crippen LogP contribution in [0.2, 0.25) is 0 Å². The monoisotopic (exact) mass is 609 g/mol. The summed E-state index contributed by atoms with van der Waals surface area (Å²) in [5, 5.41) is 17.2. The number of hydrogen-bond acceptors (Lipinski definition) is 10. The van der Waals surface area contributed by atoms with E-state index < -0.39 is 25.1 Å². The fourth-order valence-corrected chi connectivity index (χ4v) is 5.75. The summed E-state index contributed by atoms with van der Waals surface area (Å²) >= 11 is 0. The number of halogens is 2. The van der Waals surface area contributed by atoms with Crippen molar-refractivity contribution in [2.24, 2.45) is 0 Å². The maximum Gasteiger partial charge on any atom is 0.475 e. The number of benzene rings is 1. The molecule has 0 saturated heterocycles. The van der Waals surface area contributed by atoms with Crippen LogP contribution in [0.3, 0.4) is 0 Å². The highest BCUT2D eigenvalue weighted by molar-refractivity contribution is 7.48. The lowest BCUT2D eigenvalue weighted by atomic mass is 9.93. The molecule has 0 saturated carbocycles. The minimum Gasteiger partial charge on any atom is -0.379 e. The second-order valence-electron chi connectivity index (χ2n) is 9.65. The van der Waals surface area contributed by atoms with Crippen LogP contribution in [0.25, 0.3) is 0 Å². The third-order valence-corrected chi connectivity index (χ3v) is 7.88. The van der Waals surface area contributed by atoms with E-state index in [1.807, 2.05) is 6.07 Å². The lowest BCUT2D eigenvalue weighted by molar-refractivity contribution is -0.0303. The molecule has 0 amide bonds. The van der Waals surface area contributed by atoms with E-state index in [1.54, 1.807) is 0 Å². The van der Waals surface area contributed by atoms with Crippen molar-refractivity contribution >= 4 is 7.82 Å². The molecule has 0 N–H and O–H groups in total. The molecule has 12 nitrogen and oxygen atoms in total. The summed E-state index contributed by atoms with van der Waals surface area (Å²) in [6.07, 6.45) is 13.2. The van der Waals surface area contributed by atoms with Gasteiger partial charge in [0.2, 0.25) is 0 Å². The summed E-state index contributed by atoms with van der Waals surface area (Å²) in [6, 6.07) is 4.84. The second-order valence-corrected chi connectivity index (χ2v) is 11.2. The molecule has 2 aromatic heterocycles. The fraction of sp³-hybridized carbons (Fsp3) is 0.593. The minimum atomic E-state index is -4.50. The molecule has 15 heteroatoms. The first-order chi connectivity index (χ1) is 20.4. The van der Waals surface area contributed by atoms with Crippen LogP contribution in [0.5, 0.6) is 0 Å². The van der Waals surface area contributed by atoms with Crippen LogP contribution in [0.15, 0.2) is 43.5 Å². The summed E-state index contributed by atoms with van der Waals surface area (Å²) in [6.45, 7) is 1.90. The molecule has 0 bridgehead atoms. The molecule has 0 fully saturated rings. The highest BCUT2D eigenvalue weighted by Crippen LogP contribution is 2.56. The van der Waals surface area contributed by atoms with E-state index in [4.69, 9.17) is 23.6 Å². The Morgan fingerprint density at radius 1 is 0.905 bits per heavy atom. The van der Waals surface area contributed by atoms with E-state index in [1.165, 1.54) is 66.4 Å². The number of aromatic nitrogens is 6. The van der Waals surface area contributed by atoms with E-state index in [-0.39, 0.29) is 44.9 Å². The third kappa shape index (κ3) is 11.0. The number of hydrogen-bond donors (Lipinski definition) is 0. The first-order valence-corrected chi connectivity index (χ1v) is 15.5. The Balaban J connectivity index is 1.79. The molecule has 0 aliphatic heterocycles. The van der Waals surface area contributed by atoms with E-state index in [9.17, 15) is 8.96 Å². The van der Waals surface area contributed by atoms with Crippen LogP contribution in [-0.2, 0) is 41.6 Å². The van der Waals surface area contributed by atoms with Gasteiger partial charge in [0.05, 0.1) is 45.4 Å². The molecule has 0 aliphatic carbocycles. The summed E-state index contributed by atoms with van der Waals surface area (Å²) in [4.78, 5) is 7.85. The lowest BCUT2D eigenvalue weighted by Gasteiger charge is -2.36. The Morgan fingerprint density at radius 2 is 1.55 bits per heavy atom. The van der Waals surface area contributed by atoms with Crippen molar-refractivity contribution in [1.29, 1.82) is 5.26 Å². The topological polar surface area (TPSA) is 139 Å². The van der Waals surface area contributed by atoms with Gasteiger partial charge < -0.3 is 4.74 Å². The normalized spacial score (nSPS) is 13.2. The van der Waals surface area contributed by atoms with Crippen molar-refractivity contribution in [3.8, 4) is 6.07 Å². The molecule has 230 valence electrons. The van der Waals surface area contributed by atoms with Crippen molar-refractivity contribution in [2.75, 3.05) is 26.4 Å². The first-order valence-electron chi connectivity index (χ1n) is 14.0. The van der Waals surface area contributed by atoms with Crippen molar-refractivity contribution in [2.45, 2.75) is 77.0 Å². The van der Waals surface area contributed by atoms with Crippen LogP contribution >= 0.6 is 7.82 Å². The molecule has 3 aromatic rings. The number of unbranched alkanes of at least 4 members (excludes halogenated alkanes) is 6. The quantitative estimate of drug-likeness (QED) is 0.105. The predicted octanol–water partition coefficient (Wildman–Crippen LogP) is 5.58. The average Bonchev–Trinajstić information content (AvgIpc) is 3.66. The highest BCUT2D eigenvalue weighted by Gasteiger charge is 2.46. The zero-order valence-corrected chi connectivity index (χ0v) is 24.7. The molecular formula is C27H38F2N7O5P. The Kier molecular flexibility index (Phi) is 14.1. The maximum atomic E-state index is 15.4. The molecule has 0 radical (unpaired) electrons. The molecule has 1 aromatic carbocycles. The molecule has 1 unspecified atom stereocenters. The first kappa shape index (κ1) is 33.4. The van der Waals surface area contributed by atoms with Gasteiger partial charge in [0.25, 0.3) is 0 Å². The maximum absolute atomic E-state index is 15.4. The van der Waals surface area contributed by atoms with E-state index in [2.05, 4.69) is 27.1 Å². The summed E-state index contributed by atoms with van der Waals surface area (Å²) < 4.78 is 68.9. The van der Waals surface area contributed by atoms with Gasteiger partial charge >= 0.3 is 7.82 Å². The van der Waals surface area contributed by atoms with Gasteiger partial charge in [-0.3, -0.25) is 13.6 Å². The van der Waals surface area contributed by atoms with Crippen molar-refractivity contribution in [1.82, 2.24) is 29.5 Å². The largest absolute Gasteiger partial charge is 0.475 e.